The van der Waals surface area contributed by atoms with Gasteiger partial charge in [0.25, 0.3) is 0 Å². The van der Waals surface area contributed by atoms with Gasteiger partial charge in [-0.25, -0.2) is 8.42 Å². The van der Waals surface area contributed by atoms with E-state index in [9.17, 15) is 13.0 Å². The molecule has 0 fully saturated rings. The molecule has 2 aromatic rings. The van der Waals surface area contributed by atoms with Crippen LogP contribution < -0.4 is 56.1 Å². The molecule has 0 bridgehead atoms. The normalized spacial score (nSPS) is 11.1. The number of rotatable bonds is 13. The summed E-state index contributed by atoms with van der Waals surface area (Å²) in [5.74, 6) is 1.30. The molecular weight excluding hydrogens is 411 g/mol. The van der Waals surface area contributed by atoms with Gasteiger partial charge in [-0.1, -0.05) is 76.5 Å². The van der Waals surface area contributed by atoms with Crippen molar-refractivity contribution in [2.75, 3.05) is 0 Å². The smallest absolute Gasteiger partial charge is 0.744 e. The quantitative estimate of drug-likeness (QED) is 0.271. The van der Waals surface area contributed by atoms with Crippen molar-refractivity contribution in [2.24, 2.45) is 0 Å². The van der Waals surface area contributed by atoms with E-state index in [1.807, 2.05) is 30.3 Å². The first kappa shape index (κ1) is 26.8. The zero-order valence-electron chi connectivity index (χ0n) is 17.7. The fourth-order valence-corrected chi connectivity index (χ4v) is 3.77. The average Bonchev–Trinajstić information content (AvgIpc) is 2.67. The fraction of sp³-hybridized carbons (Fsp3) is 0.478. The van der Waals surface area contributed by atoms with Crippen molar-refractivity contribution in [1.29, 1.82) is 0 Å². The van der Waals surface area contributed by atoms with Crippen LogP contribution in [0.1, 0.15) is 70.3 Å². The largest absolute Gasteiger partial charge is 1.00 e. The molecule has 0 radical (unpaired) electrons. The molecule has 0 spiro atoms. The molecule has 6 heteroatoms. The van der Waals surface area contributed by atoms with E-state index in [0.717, 1.165) is 18.4 Å². The Morgan fingerprint density at radius 3 is 2.00 bits per heavy atom. The third-order valence-corrected chi connectivity index (χ3v) is 5.67. The molecule has 2 rings (SSSR count). The molecule has 0 atom stereocenters. The zero-order valence-corrected chi connectivity index (χ0v) is 21.7. The second-order valence-electron chi connectivity index (χ2n) is 7.22. The predicted octanol–water partition coefficient (Wildman–Crippen LogP) is 3.46. The van der Waals surface area contributed by atoms with E-state index < -0.39 is 10.1 Å². The molecule has 29 heavy (non-hydrogen) atoms. The van der Waals surface area contributed by atoms with E-state index in [-0.39, 0.29) is 56.3 Å². The number of ether oxygens (including phenoxy) is 1. The summed E-state index contributed by atoms with van der Waals surface area (Å²) < 4.78 is 40.1. The summed E-state index contributed by atoms with van der Waals surface area (Å²) in [5.41, 5.74) is 0.767. The maximum Gasteiger partial charge on any atom is 1.00 e. The summed E-state index contributed by atoms with van der Waals surface area (Å²) in [5, 5.41) is 0. The van der Waals surface area contributed by atoms with Crippen molar-refractivity contribution in [3.63, 3.8) is 0 Å². The van der Waals surface area contributed by atoms with Crippen molar-refractivity contribution in [1.82, 2.24) is 0 Å². The first-order valence-corrected chi connectivity index (χ1v) is 11.7. The zero-order chi connectivity index (χ0) is 20.2. The summed E-state index contributed by atoms with van der Waals surface area (Å²) in [6.45, 7) is 2.23. The summed E-state index contributed by atoms with van der Waals surface area (Å²) in [6, 6.07) is 13.7. The van der Waals surface area contributed by atoms with E-state index in [0.29, 0.717) is 17.9 Å². The minimum Gasteiger partial charge on any atom is -0.744 e. The minimum atomic E-state index is -4.47. The van der Waals surface area contributed by atoms with Crippen molar-refractivity contribution < 1.29 is 69.1 Å². The van der Waals surface area contributed by atoms with Crippen LogP contribution in [0.15, 0.2) is 53.4 Å². The molecule has 154 valence electrons. The van der Waals surface area contributed by atoms with Crippen molar-refractivity contribution in [3.8, 4) is 11.5 Å². The fourth-order valence-electron chi connectivity index (χ4n) is 3.25. The summed E-state index contributed by atoms with van der Waals surface area (Å²) in [6.07, 6.45) is 11.7. The second-order valence-corrected chi connectivity index (χ2v) is 8.60. The molecule has 0 N–H and O–H groups in total. The maximum absolute atomic E-state index is 11.4. The second kappa shape index (κ2) is 14.7. The van der Waals surface area contributed by atoms with Crippen LogP contribution in [-0.2, 0) is 16.5 Å². The van der Waals surface area contributed by atoms with Gasteiger partial charge in [0.05, 0.1) is 4.90 Å². The SMILES string of the molecule is CCCCCCCCCCCc1cc(S(=O)(=O)[O-])ccc1Oc1ccccc1.[K+]. The Bertz CT molecular complexity index is 807. The molecule has 4 nitrogen and oxygen atoms in total. The van der Waals surface area contributed by atoms with Crippen LogP contribution in [-0.4, -0.2) is 13.0 Å². The summed E-state index contributed by atoms with van der Waals surface area (Å²) >= 11 is 0. The van der Waals surface area contributed by atoms with E-state index in [4.69, 9.17) is 4.74 Å². The molecule has 0 saturated heterocycles. The number of para-hydroxylation sites is 1. The minimum absolute atomic E-state index is 0. The Morgan fingerprint density at radius 1 is 0.828 bits per heavy atom. The number of hydrogen-bond acceptors (Lipinski definition) is 4. The van der Waals surface area contributed by atoms with Gasteiger partial charge in [0, 0.05) is 0 Å². The summed E-state index contributed by atoms with van der Waals surface area (Å²) in [7, 11) is -4.47. The van der Waals surface area contributed by atoms with Crippen LogP contribution in [0.2, 0.25) is 0 Å². The molecular formula is C23H31KO4S. The van der Waals surface area contributed by atoms with Gasteiger partial charge in [0.15, 0.2) is 0 Å². The first-order valence-electron chi connectivity index (χ1n) is 10.3. The average molecular weight is 443 g/mol. The monoisotopic (exact) mass is 442 g/mol. The molecule has 0 aromatic heterocycles. The van der Waals surface area contributed by atoms with E-state index in [2.05, 4.69) is 6.92 Å². The summed E-state index contributed by atoms with van der Waals surface area (Å²) in [4.78, 5) is -0.196. The Kier molecular flexibility index (Phi) is 13.6. The van der Waals surface area contributed by atoms with Gasteiger partial charge in [0.1, 0.15) is 21.6 Å². The Morgan fingerprint density at radius 2 is 1.41 bits per heavy atom. The van der Waals surface area contributed by atoms with E-state index >= 15 is 0 Å². The molecule has 0 unspecified atom stereocenters. The van der Waals surface area contributed by atoms with Crippen molar-refractivity contribution in [3.05, 3.63) is 54.1 Å². The van der Waals surface area contributed by atoms with Crippen LogP contribution >= 0.6 is 0 Å². The van der Waals surface area contributed by atoms with Gasteiger partial charge in [-0.2, -0.15) is 0 Å². The van der Waals surface area contributed by atoms with Gasteiger partial charge < -0.3 is 9.29 Å². The number of aryl methyl sites for hydroxylation is 1. The Labute approximate surface area is 218 Å². The first-order chi connectivity index (χ1) is 13.5. The van der Waals surface area contributed by atoms with Crippen LogP contribution in [0, 0.1) is 0 Å². The molecule has 0 amide bonds. The molecule has 0 saturated carbocycles. The Balaban J connectivity index is 0.00000420. The van der Waals surface area contributed by atoms with Gasteiger partial charge in [-0.15, -0.1) is 0 Å². The molecule has 2 aromatic carbocycles. The number of hydrogen-bond donors (Lipinski definition) is 0. The van der Waals surface area contributed by atoms with Gasteiger partial charge in [-0.3, -0.25) is 0 Å². The van der Waals surface area contributed by atoms with Gasteiger partial charge in [0.2, 0.25) is 0 Å². The van der Waals surface area contributed by atoms with Crippen molar-refractivity contribution >= 4 is 10.1 Å². The van der Waals surface area contributed by atoms with Crippen molar-refractivity contribution in [2.45, 2.75) is 76.0 Å². The van der Waals surface area contributed by atoms with Gasteiger partial charge in [-0.05, 0) is 48.7 Å². The van der Waals surface area contributed by atoms with Crippen LogP contribution in [0.25, 0.3) is 0 Å². The molecule has 0 heterocycles. The van der Waals surface area contributed by atoms with Crippen LogP contribution in [0.5, 0.6) is 11.5 Å². The number of benzene rings is 2. The molecule has 0 aliphatic rings. The standard InChI is InChI=1S/C23H32O4S.K/c1-2-3-4-5-6-7-8-9-11-14-20-19-22(28(24,25)26)17-18-23(20)27-21-15-12-10-13-16-21;/h10,12-13,15-19H,2-9,11,14H2,1H3,(H,24,25,26);/q;+1/p-1. The van der Waals surface area contributed by atoms with Crippen LogP contribution in [0.4, 0.5) is 0 Å². The number of unbranched alkanes of at least 4 members (excludes halogenated alkanes) is 8. The third-order valence-electron chi connectivity index (χ3n) is 4.84. The van der Waals surface area contributed by atoms with E-state index in [1.54, 1.807) is 6.07 Å². The molecule has 0 aliphatic heterocycles. The van der Waals surface area contributed by atoms with E-state index in [1.165, 1.54) is 57.1 Å². The predicted molar refractivity (Wildman–Crippen MR) is 112 cm³/mol. The van der Waals surface area contributed by atoms with Gasteiger partial charge >= 0.3 is 51.4 Å². The third kappa shape index (κ3) is 10.6. The maximum atomic E-state index is 11.4. The topological polar surface area (TPSA) is 66.4 Å². The molecule has 0 aliphatic carbocycles. The van der Waals surface area contributed by atoms with Crippen LogP contribution in [0.3, 0.4) is 0 Å². The Hall–Kier alpha value is -0.214.